The van der Waals surface area contributed by atoms with E-state index in [-0.39, 0.29) is 6.61 Å². The van der Waals surface area contributed by atoms with E-state index in [0.717, 1.165) is 12.8 Å². The van der Waals surface area contributed by atoms with Crippen molar-refractivity contribution >= 4 is 29.0 Å². The summed E-state index contributed by atoms with van der Waals surface area (Å²) in [6.45, 7) is 1.97. The quantitative estimate of drug-likeness (QED) is 0.621. The third-order valence-corrected chi connectivity index (χ3v) is 2.87. The lowest BCUT2D eigenvalue weighted by Gasteiger charge is -2.04. The number of thiophene rings is 1. The lowest BCUT2D eigenvalue weighted by molar-refractivity contribution is -0.147. The van der Waals surface area contributed by atoms with Gasteiger partial charge >= 0.3 is 11.9 Å². The lowest BCUT2D eigenvalue weighted by Crippen LogP contribution is -2.17. The van der Waals surface area contributed by atoms with Gasteiger partial charge in [0.05, 0.1) is 12.3 Å². The van der Waals surface area contributed by atoms with Gasteiger partial charge in [-0.25, -0.2) is 9.59 Å². The van der Waals surface area contributed by atoms with Crippen LogP contribution in [0.3, 0.4) is 0 Å². The van der Waals surface area contributed by atoms with E-state index in [1.807, 2.05) is 6.92 Å². The third kappa shape index (κ3) is 4.44. The van der Waals surface area contributed by atoms with Crippen molar-refractivity contribution in [1.29, 1.82) is 0 Å². The Morgan fingerprint density at radius 1 is 1.41 bits per heavy atom. The molecule has 1 rings (SSSR count). The van der Waals surface area contributed by atoms with E-state index in [9.17, 15) is 9.59 Å². The number of hydrogen-bond acceptors (Lipinski definition) is 6. The summed E-state index contributed by atoms with van der Waals surface area (Å²) in [5, 5.41) is 1.69. The number of carbonyl (C=O) groups is 2. The zero-order chi connectivity index (χ0) is 12.7. The molecule has 0 aliphatic heterocycles. The molecular weight excluding hydrogens is 242 g/mol. The topological polar surface area (TPSA) is 78.6 Å². The minimum atomic E-state index is -0.593. The molecule has 6 heteroatoms. The average molecular weight is 257 g/mol. The van der Waals surface area contributed by atoms with E-state index in [0.29, 0.717) is 17.2 Å². The number of rotatable bonds is 6. The highest BCUT2D eigenvalue weighted by molar-refractivity contribution is 7.12. The first kappa shape index (κ1) is 13.5. The number of carbonyl (C=O) groups excluding carboxylic acids is 2. The van der Waals surface area contributed by atoms with Crippen molar-refractivity contribution in [2.45, 2.75) is 19.8 Å². The number of ether oxygens (including phenoxy) is 2. The summed E-state index contributed by atoms with van der Waals surface area (Å²) in [5.41, 5.74) is 5.90. The Morgan fingerprint density at radius 3 is 2.76 bits per heavy atom. The van der Waals surface area contributed by atoms with Gasteiger partial charge in [-0.15, -0.1) is 11.3 Å². The van der Waals surface area contributed by atoms with Crippen LogP contribution in [0.25, 0.3) is 0 Å². The average Bonchev–Trinajstić information content (AvgIpc) is 2.73. The van der Waals surface area contributed by atoms with Crippen LogP contribution >= 0.6 is 11.3 Å². The maximum absolute atomic E-state index is 11.5. The van der Waals surface area contributed by atoms with Crippen LogP contribution in [0.4, 0.5) is 5.69 Å². The first-order valence-electron chi connectivity index (χ1n) is 5.31. The molecule has 0 aromatic carbocycles. The first-order chi connectivity index (χ1) is 8.15. The Kier molecular flexibility index (Phi) is 5.48. The van der Waals surface area contributed by atoms with Gasteiger partial charge in [0.1, 0.15) is 4.88 Å². The smallest absolute Gasteiger partial charge is 0.351 e. The van der Waals surface area contributed by atoms with Gasteiger partial charge in [-0.05, 0) is 17.9 Å². The maximum Gasteiger partial charge on any atom is 0.351 e. The van der Waals surface area contributed by atoms with Crippen LogP contribution in [-0.2, 0) is 14.3 Å². The van der Waals surface area contributed by atoms with E-state index < -0.39 is 11.9 Å². The monoisotopic (exact) mass is 257 g/mol. The Morgan fingerprint density at radius 2 is 2.18 bits per heavy atom. The first-order valence-corrected chi connectivity index (χ1v) is 6.18. The molecule has 2 N–H and O–H groups in total. The zero-order valence-corrected chi connectivity index (χ0v) is 10.4. The van der Waals surface area contributed by atoms with Gasteiger partial charge in [-0.3, -0.25) is 0 Å². The van der Waals surface area contributed by atoms with E-state index in [2.05, 4.69) is 0 Å². The van der Waals surface area contributed by atoms with Crippen molar-refractivity contribution in [3.63, 3.8) is 0 Å². The van der Waals surface area contributed by atoms with Crippen LogP contribution < -0.4 is 5.73 Å². The van der Waals surface area contributed by atoms with Crippen molar-refractivity contribution in [1.82, 2.24) is 0 Å². The normalized spacial score (nSPS) is 9.94. The molecule has 1 aromatic rings. The van der Waals surface area contributed by atoms with Gasteiger partial charge in [0.2, 0.25) is 0 Å². The van der Waals surface area contributed by atoms with Crippen LogP contribution in [0, 0.1) is 0 Å². The summed E-state index contributed by atoms with van der Waals surface area (Å²) in [4.78, 5) is 22.9. The second-order valence-electron chi connectivity index (χ2n) is 3.36. The fourth-order valence-corrected chi connectivity index (χ4v) is 1.76. The molecule has 0 atom stereocenters. The fraction of sp³-hybridized carbons (Fsp3) is 0.455. The molecule has 0 unspecified atom stereocenters. The van der Waals surface area contributed by atoms with Crippen molar-refractivity contribution in [3.8, 4) is 0 Å². The van der Waals surface area contributed by atoms with Gasteiger partial charge in [0, 0.05) is 0 Å². The van der Waals surface area contributed by atoms with Gasteiger partial charge in [-0.1, -0.05) is 13.3 Å². The largest absolute Gasteiger partial charge is 0.463 e. The van der Waals surface area contributed by atoms with Gasteiger partial charge in [-0.2, -0.15) is 0 Å². The summed E-state index contributed by atoms with van der Waals surface area (Å²) in [7, 11) is 0. The summed E-state index contributed by atoms with van der Waals surface area (Å²) in [6.07, 6.45) is 1.75. The predicted octanol–water partition coefficient (Wildman–Crippen LogP) is 1.83. The molecular formula is C11H15NO4S. The molecule has 0 spiro atoms. The Balaban J connectivity index is 2.29. The molecule has 94 valence electrons. The summed E-state index contributed by atoms with van der Waals surface area (Å²) < 4.78 is 9.61. The summed E-state index contributed by atoms with van der Waals surface area (Å²) in [6, 6.07) is 1.61. The SMILES string of the molecule is CCCCOC(=O)COC(=O)c1sccc1N. The molecule has 0 saturated heterocycles. The number of nitrogen functional groups attached to an aromatic ring is 1. The molecule has 0 fully saturated rings. The Labute approximate surface area is 104 Å². The molecule has 0 aliphatic carbocycles. The van der Waals surface area contributed by atoms with Crippen molar-refractivity contribution in [2.75, 3.05) is 18.9 Å². The number of anilines is 1. The second-order valence-corrected chi connectivity index (χ2v) is 4.27. The molecule has 0 aliphatic rings. The second kappa shape index (κ2) is 6.90. The van der Waals surface area contributed by atoms with E-state index in [1.54, 1.807) is 11.4 Å². The summed E-state index contributed by atoms with van der Waals surface area (Å²) in [5.74, 6) is -1.13. The molecule has 1 aromatic heterocycles. The van der Waals surface area contributed by atoms with Crippen LogP contribution in [-0.4, -0.2) is 25.2 Å². The van der Waals surface area contributed by atoms with Crippen LogP contribution in [0.1, 0.15) is 29.4 Å². The van der Waals surface area contributed by atoms with Crippen LogP contribution in [0.5, 0.6) is 0 Å². The van der Waals surface area contributed by atoms with Crippen LogP contribution in [0.15, 0.2) is 11.4 Å². The fourth-order valence-electron chi connectivity index (χ4n) is 1.05. The van der Waals surface area contributed by atoms with Gasteiger partial charge < -0.3 is 15.2 Å². The van der Waals surface area contributed by atoms with Crippen molar-refractivity contribution in [3.05, 3.63) is 16.3 Å². The number of esters is 2. The number of nitrogens with two attached hydrogens (primary N) is 1. The Bertz CT molecular complexity index is 389. The minimum Gasteiger partial charge on any atom is -0.463 e. The van der Waals surface area contributed by atoms with E-state index >= 15 is 0 Å². The standard InChI is InChI=1S/C11H15NO4S/c1-2-3-5-15-9(13)7-16-11(14)10-8(12)4-6-17-10/h4,6H,2-3,5,7,12H2,1H3. The van der Waals surface area contributed by atoms with Crippen molar-refractivity contribution < 1.29 is 19.1 Å². The third-order valence-electron chi connectivity index (χ3n) is 1.96. The lowest BCUT2D eigenvalue weighted by atomic mass is 10.4. The Hall–Kier alpha value is -1.56. The molecule has 0 bridgehead atoms. The predicted molar refractivity (Wildman–Crippen MR) is 64.9 cm³/mol. The number of unbranched alkanes of at least 4 members (excludes halogenated alkanes) is 1. The molecule has 0 radical (unpaired) electrons. The molecule has 0 saturated carbocycles. The van der Waals surface area contributed by atoms with Crippen LogP contribution in [0.2, 0.25) is 0 Å². The zero-order valence-electron chi connectivity index (χ0n) is 9.60. The van der Waals surface area contributed by atoms with E-state index in [4.69, 9.17) is 15.2 Å². The van der Waals surface area contributed by atoms with E-state index in [1.165, 1.54) is 11.3 Å². The van der Waals surface area contributed by atoms with Crippen molar-refractivity contribution in [2.24, 2.45) is 0 Å². The van der Waals surface area contributed by atoms with Gasteiger partial charge in [0.15, 0.2) is 6.61 Å². The highest BCUT2D eigenvalue weighted by Gasteiger charge is 2.14. The molecule has 1 heterocycles. The highest BCUT2D eigenvalue weighted by Crippen LogP contribution is 2.19. The highest BCUT2D eigenvalue weighted by atomic mass is 32.1. The molecule has 0 amide bonds. The maximum atomic E-state index is 11.5. The van der Waals surface area contributed by atoms with Gasteiger partial charge in [0.25, 0.3) is 0 Å². The minimum absolute atomic E-state index is 0.311. The molecule has 5 nitrogen and oxygen atoms in total. The number of hydrogen-bond donors (Lipinski definition) is 1. The molecule has 17 heavy (non-hydrogen) atoms. The summed E-state index contributed by atoms with van der Waals surface area (Å²) >= 11 is 1.18.